The van der Waals surface area contributed by atoms with Gasteiger partial charge in [0.05, 0.1) is 54.6 Å². The van der Waals surface area contributed by atoms with Crippen molar-refractivity contribution >= 4 is 64.0 Å². The molecular weight excluding hydrogens is 847 g/mol. The number of thiazole rings is 1. The molecule has 1 aliphatic heterocycles. The molecule has 6 atom stereocenters. The Kier molecular flexibility index (Phi) is 13.6. The Bertz CT molecular complexity index is 2380. The van der Waals surface area contributed by atoms with Crippen molar-refractivity contribution in [3.8, 4) is 22.9 Å². The number of methoxy groups -OCH3 is 1. The number of rotatable bonds is 17. The fourth-order valence-electron chi connectivity index (χ4n) is 9.03. The molecular formula is C47H58ClN4O8PS. The monoisotopic (exact) mass is 904 g/mol. The van der Waals surface area contributed by atoms with Crippen LogP contribution in [0.25, 0.3) is 22.3 Å². The molecule has 15 heteroatoms. The highest BCUT2D eigenvalue weighted by Crippen LogP contribution is 2.74. The number of benzene rings is 2. The minimum absolute atomic E-state index is 0.0468. The van der Waals surface area contributed by atoms with Gasteiger partial charge in [0.1, 0.15) is 29.4 Å². The number of Topliss-reactive ketones (excluding diaryl/α,β-unsaturated/α-hetero) is 1. The van der Waals surface area contributed by atoms with Crippen LogP contribution >= 0.6 is 30.3 Å². The number of nitrogens with zero attached hydrogens (tertiary/aromatic N) is 3. The standard InChI is InChI=1S/C47H58ClN4O8PS/c1-8-30-23-47(30,61(56,57)26-29-12-11-13-31(48)18-29)24-41(53)40-20-34(25-52(40)44(55)36(46(4,5)6)21-43(54)60-32-14-9-10-15-32)59-42-22-38(39-27-62-45(51-39)49-28(2)3)50-37-19-33(58-7)16-17-35(37)42/h8,11-13,16-19,22,27-28,30,32,34,36,40H,1,9-10,14-15,20-21,23-26H2,2-7H3,(H,49,51)(H,56,57)/t30-,34-,36-,40+,47-/m1/s1. The minimum atomic E-state index is -4.03. The normalized spacial score (nSPS) is 22.9. The van der Waals surface area contributed by atoms with E-state index in [0.717, 1.165) is 30.8 Å². The van der Waals surface area contributed by atoms with Crippen molar-refractivity contribution in [2.75, 3.05) is 19.0 Å². The van der Waals surface area contributed by atoms with Crippen LogP contribution in [-0.4, -0.2) is 80.5 Å². The molecule has 2 aliphatic carbocycles. The zero-order valence-electron chi connectivity index (χ0n) is 36.4. The molecule has 1 amide bonds. The van der Waals surface area contributed by atoms with Gasteiger partial charge in [-0.15, -0.1) is 17.9 Å². The van der Waals surface area contributed by atoms with Crippen LogP contribution in [0.15, 0.2) is 66.6 Å². The molecule has 2 saturated carbocycles. The van der Waals surface area contributed by atoms with Crippen molar-refractivity contribution in [2.24, 2.45) is 17.3 Å². The predicted octanol–water partition coefficient (Wildman–Crippen LogP) is 10.1. The molecule has 0 spiro atoms. The molecule has 0 radical (unpaired) electrons. The van der Waals surface area contributed by atoms with Crippen LogP contribution in [0.3, 0.4) is 0 Å². The summed E-state index contributed by atoms with van der Waals surface area (Å²) in [6, 6.07) is 13.4. The Balaban J connectivity index is 1.22. The number of nitrogens with one attached hydrogen (secondary N) is 1. The second-order valence-electron chi connectivity index (χ2n) is 18.5. The molecule has 1 unspecified atom stereocenters. The Morgan fingerprint density at radius 1 is 1.10 bits per heavy atom. The van der Waals surface area contributed by atoms with Crippen LogP contribution < -0.4 is 14.8 Å². The summed E-state index contributed by atoms with van der Waals surface area (Å²) >= 11 is 7.72. The molecule has 3 fully saturated rings. The smallest absolute Gasteiger partial charge is 0.306 e. The van der Waals surface area contributed by atoms with Crippen LogP contribution in [0.4, 0.5) is 5.13 Å². The van der Waals surface area contributed by atoms with Gasteiger partial charge in [-0.2, -0.15) is 0 Å². The van der Waals surface area contributed by atoms with Crippen molar-refractivity contribution < 1.29 is 38.1 Å². The molecule has 1 saturated heterocycles. The lowest BCUT2D eigenvalue weighted by Crippen LogP contribution is -2.48. The summed E-state index contributed by atoms with van der Waals surface area (Å²) in [6.07, 6.45) is 4.33. The van der Waals surface area contributed by atoms with Crippen molar-refractivity contribution in [3.63, 3.8) is 0 Å². The van der Waals surface area contributed by atoms with E-state index < -0.39 is 42.0 Å². The van der Waals surface area contributed by atoms with E-state index in [9.17, 15) is 23.8 Å². The lowest BCUT2D eigenvalue weighted by molar-refractivity contribution is -0.156. The second kappa shape index (κ2) is 18.4. The molecule has 12 nitrogen and oxygen atoms in total. The summed E-state index contributed by atoms with van der Waals surface area (Å²) in [6.45, 7) is 13.8. The van der Waals surface area contributed by atoms with E-state index in [0.29, 0.717) is 50.8 Å². The molecule has 2 aromatic heterocycles. The highest BCUT2D eigenvalue weighted by molar-refractivity contribution is 7.59. The first-order chi connectivity index (χ1) is 29.4. The van der Waals surface area contributed by atoms with Crippen molar-refractivity contribution in [3.05, 3.63) is 77.2 Å². The first-order valence-electron chi connectivity index (χ1n) is 21.5. The molecule has 3 heterocycles. The number of aromatic nitrogens is 2. The van der Waals surface area contributed by atoms with Crippen LogP contribution in [-0.2, 0) is 29.8 Å². The molecule has 332 valence electrons. The number of carbonyl (C=O) groups excluding carboxylic acids is 3. The second-order valence-corrected chi connectivity index (χ2v) is 22.4. The van der Waals surface area contributed by atoms with Gasteiger partial charge in [-0.25, -0.2) is 9.97 Å². The fraction of sp³-hybridized carbons (Fsp3) is 0.511. The molecule has 62 heavy (non-hydrogen) atoms. The summed E-state index contributed by atoms with van der Waals surface area (Å²) in [4.78, 5) is 66.4. The number of pyridine rings is 1. The van der Waals surface area contributed by atoms with Gasteiger partial charge in [0, 0.05) is 46.8 Å². The van der Waals surface area contributed by atoms with Crippen molar-refractivity contribution in [1.82, 2.24) is 14.9 Å². The van der Waals surface area contributed by atoms with Gasteiger partial charge >= 0.3 is 5.97 Å². The van der Waals surface area contributed by atoms with E-state index in [1.807, 2.05) is 64.3 Å². The third-order valence-electron chi connectivity index (χ3n) is 12.5. The summed E-state index contributed by atoms with van der Waals surface area (Å²) < 4.78 is 32.7. The molecule has 4 aromatic rings. The SMILES string of the molecule is C=C[C@@H]1C[C@]1(CC(=O)[C@@H]1C[C@@H](Oc2cc(-c3csc(NC(C)C)n3)nc3cc(OC)ccc23)CN1C(=O)[C@@H](CC(=O)OC1CCCC1)C(C)(C)C)P(=O)(O)Cc1cccc(Cl)c1. The highest BCUT2D eigenvalue weighted by atomic mass is 35.5. The summed E-state index contributed by atoms with van der Waals surface area (Å²) in [5, 5.41) is 5.92. The maximum atomic E-state index is 15.0. The first kappa shape index (κ1) is 45.7. The molecule has 3 aliphatic rings. The minimum Gasteiger partial charge on any atom is -0.497 e. The molecule has 0 bridgehead atoms. The lowest BCUT2D eigenvalue weighted by atomic mass is 9.77. The number of ketones is 1. The third-order valence-corrected chi connectivity index (χ3v) is 16.4. The van der Waals surface area contributed by atoms with Crippen LogP contribution in [0.1, 0.15) is 91.5 Å². The first-order valence-corrected chi connectivity index (χ1v) is 24.6. The Labute approximate surface area is 373 Å². The maximum absolute atomic E-state index is 15.0. The quantitative estimate of drug-likeness (QED) is 0.0590. The summed E-state index contributed by atoms with van der Waals surface area (Å²) in [5.74, 6) is -1.22. The number of amides is 1. The van der Waals surface area contributed by atoms with Crippen LogP contribution in [0.2, 0.25) is 5.02 Å². The maximum Gasteiger partial charge on any atom is 0.306 e. The Morgan fingerprint density at radius 2 is 1.85 bits per heavy atom. The van der Waals surface area contributed by atoms with Crippen LogP contribution in [0.5, 0.6) is 11.5 Å². The van der Waals surface area contributed by atoms with E-state index in [4.69, 9.17) is 35.8 Å². The van der Waals surface area contributed by atoms with Gasteiger partial charge in [-0.1, -0.05) is 50.6 Å². The number of anilines is 1. The Hall–Kier alpha value is -4.29. The zero-order valence-corrected chi connectivity index (χ0v) is 38.9. The number of allylic oxidation sites excluding steroid dienone is 1. The largest absolute Gasteiger partial charge is 0.497 e. The zero-order chi connectivity index (χ0) is 44.6. The molecule has 2 aromatic carbocycles. The van der Waals surface area contributed by atoms with Crippen molar-refractivity contribution in [1.29, 1.82) is 0 Å². The van der Waals surface area contributed by atoms with E-state index in [1.165, 1.54) is 11.3 Å². The van der Waals surface area contributed by atoms with Gasteiger partial charge in [0.25, 0.3) is 0 Å². The van der Waals surface area contributed by atoms with Gasteiger partial charge in [-0.05, 0) is 87.1 Å². The van der Waals surface area contributed by atoms with E-state index in [1.54, 1.807) is 42.4 Å². The number of carbonyl (C=O) groups is 3. The molecule has 7 rings (SSSR count). The number of hydrogen-bond acceptors (Lipinski definition) is 11. The summed E-state index contributed by atoms with van der Waals surface area (Å²) in [5.41, 5.74) is 1.76. The third kappa shape index (κ3) is 10.1. The van der Waals surface area contributed by atoms with Gasteiger partial charge in [0.2, 0.25) is 13.3 Å². The van der Waals surface area contributed by atoms with Gasteiger partial charge < -0.3 is 29.3 Å². The number of fused-ring (bicyclic) bond motifs is 1. The number of hydrogen-bond donors (Lipinski definition) is 2. The average Bonchev–Trinajstić information content (AvgIpc) is 3.60. The highest BCUT2D eigenvalue weighted by Gasteiger charge is 2.65. The van der Waals surface area contributed by atoms with Gasteiger partial charge in [0.15, 0.2) is 10.9 Å². The number of esters is 1. The Morgan fingerprint density at radius 3 is 2.52 bits per heavy atom. The summed E-state index contributed by atoms with van der Waals surface area (Å²) in [7, 11) is -2.45. The average molecular weight is 905 g/mol. The van der Waals surface area contributed by atoms with E-state index in [-0.39, 0.29) is 61.7 Å². The van der Waals surface area contributed by atoms with E-state index in [2.05, 4.69) is 11.9 Å². The van der Waals surface area contributed by atoms with E-state index >= 15 is 0 Å². The number of ether oxygens (including phenoxy) is 3. The van der Waals surface area contributed by atoms with Crippen molar-refractivity contribution in [2.45, 2.75) is 122 Å². The molecule has 2 N–H and O–H groups in total. The van der Waals surface area contributed by atoms with Crippen LogP contribution in [0, 0.1) is 17.3 Å². The number of likely N-dealkylation sites (tertiary alicyclic amines) is 1. The van der Waals surface area contributed by atoms with Gasteiger partial charge in [-0.3, -0.25) is 18.9 Å². The fourth-order valence-corrected chi connectivity index (χ4v) is 12.6. The lowest BCUT2D eigenvalue weighted by Gasteiger charge is -2.35. The topological polar surface area (TPSA) is 157 Å². The number of halogens is 1. The predicted molar refractivity (Wildman–Crippen MR) is 244 cm³/mol.